The van der Waals surface area contributed by atoms with Gasteiger partial charge in [0.1, 0.15) is 11.6 Å². The summed E-state index contributed by atoms with van der Waals surface area (Å²) in [6, 6.07) is 12.0. The Balaban J connectivity index is 2.87. The van der Waals surface area contributed by atoms with Gasteiger partial charge in [-0.3, -0.25) is 0 Å². The van der Waals surface area contributed by atoms with E-state index in [1.54, 1.807) is 31.2 Å². The van der Waals surface area contributed by atoms with Crippen molar-refractivity contribution in [3.05, 3.63) is 76.9 Å². The van der Waals surface area contributed by atoms with E-state index in [0.29, 0.717) is 22.3 Å². The third kappa shape index (κ3) is 5.06. The minimum Gasteiger partial charge on any atom is -0.463 e. The molecule has 0 aliphatic carbocycles. The standard InChI is InChI=1S/C24H28F2O2/c1-6-28-24(27)23(21(15(2)3)16(4)5)22(17-7-11-19(25)12-8-17)18-9-13-20(26)14-10-18/h7-16,21H,6H2,1-5H3. The van der Waals surface area contributed by atoms with Gasteiger partial charge >= 0.3 is 5.97 Å². The van der Waals surface area contributed by atoms with E-state index in [0.717, 1.165) is 0 Å². The van der Waals surface area contributed by atoms with Gasteiger partial charge in [0.2, 0.25) is 0 Å². The largest absolute Gasteiger partial charge is 0.463 e. The molecule has 0 spiro atoms. The van der Waals surface area contributed by atoms with Crippen LogP contribution in [0.3, 0.4) is 0 Å². The second-order valence-corrected chi connectivity index (χ2v) is 7.54. The van der Waals surface area contributed by atoms with Gasteiger partial charge in [-0.2, -0.15) is 0 Å². The average Bonchev–Trinajstić information content (AvgIpc) is 2.63. The summed E-state index contributed by atoms with van der Waals surface area (Å²) in [5.41, 5.74) is 2.60. The highest BCUT2D eigenvalue weighted by molar-refractivity contribution is 6.02. The first-order valence-corrected chi connectivity index (χ1v) is 9.69. The van der Waals surface area contributed by atoms with Crippen LogP contribution in [-0.2, 0) is 9.53 Å². The SMILES string of the molecule is CCOC(=O)C(=C(c1ccc(F)cc1)c1ccc(F)cc1)C(C(C)C)C(C)C. The van der Waals surface area contributed by atoms with Crippen LogP contribution in [0.4, 0.5) is 8.78 Å². The van der Waals surface area contributed by atoms with Crippen LogP contribution >= 0.6 is 0 Å². The average molecular weight is 386 g/mol. The Morgan fingerprint density at radius 2 is 1.21 bits per heavy atom. The van der Waals surface area contributed by atoms with Crippen LogP contribution in [0.1, 0.15) is 45.7 Å². The molecule has 150 valence electrons. The minimum absolute atomic E-state index is 0.0795. The van der Waals surface area contributed by atoms with Crippen molar-refractivity contribution in [2.75, 3.05) is 6.61 Å². The summed E-state index contributed by atoms with van der Waals surface area (Å²) in [4.78, 5) is 13.1. The van der Waals surface area contributed by atoms with Gasteiger partial charge in [0.15, 0.2) is 0 Å². The van der Waals surface area contributed by atoms with E-state index in [4.69, 9.17) is 4.74 Å². The number of ether oxygens (including phenoxy) is 1. The van der Waals surface area contributed by atoms with Crippen LogP contribution in [0, 0.1) is 29.4 Å². The van der Waals surface area contributed by atoms with Gasteiger partial charge in [-0.15, -0.1) is 0 Å². The van der Waals surface area contributed by atoms with E-state index in [1.165, 1.54) is 24.3 Å². The van der Waals surface area contributed by atoms with Gasteiger partial charge in [-0.1, -0.05) is 52.0 Å². The summed E-state index contributed by atoms with van der Waals surface area (Å²) in [7, 11) is 0. The van der Waals surface area contributed by atoms with Crippen LogP contribution in [-0.4, -0.2) is 12.6 Å². The Morgan fingerprint density at radius 1 is 0.821 bits per heavy atom. The van der Waals surface area contributed by atoms with Gasteiger partial charge in [-0.25, -0.2) is 13.6 Å². The Kier molecular flexibility index (Phi) is 7.50. The molecule has 0 aromatic heterocycles. The molecule has 28 heavy (non-hydrogen) atoms. The highest BCUT2D eigenvalue weighted by Crippen LogP contribution is 2.38. The molecule has 0 bridgehead atoms. The molecule has 0 aliphatic heterocycles. The first-order chi connectivity index (χ1) is 13.3. The van der Waals surface area contributed by atoms with Crippen LogP contribution < -0.4 is 0 Å². The molecule has 0 amide bonds. The molecule has 0 N–H and O–H groups in total. The summed E-state index contributed by atoms with van der Waals surface area (Å²) in [5, 5.41) is 0. The summed E-state index contributed by atoms with van der Waals surface area (Å²) < 4.78 is 32.5. The third-order valence-corrected chi connectivity index (χ3v) is 4.80. The molecule has 2 aromatic carbocycles. The van der Waals surface area contributed by atoms with Crippen LogP contribution in [0.5, 0.6) is 0 Å². The number of carbonyl (C=O) groups is 1. The molecule has 4 heteroatoms. The Hall–Kier alpha value is -2.49. The van der Waals surface area contributed by atoms with Crippen LogP contribution in [0.25, 0.3) is 5.57 Å². The van der Waals surface area contributed by atoms with Gasteiger partial charge in [-0.05, 0) is 65.6 Å². The molecule has 2 nitrogen and oxygen atoms in total. The third-order valence-electron chi connectivity index (χ3n) is 4.80. The Labute approximate surface area is 166 Å². The molecule has 0 saturated carbocycles. The normalized spacial score (nSPS) is 11.2. The lowest BCUT2D eigenvalue weighted by molar-refractivity contribution is -0.139. The Bertz CT molecular complexity index is 763. The second-order valence-electron chi connectivity index (χ2n) is 7.54. The van der Waals surface area contributed by atoms with E-state index < -0.39 is 5.97 Å². The first-order valence-electron chi connectivity index (χ1n) is 9.69. The lowest BCUT2D eigenvalue weighted by atomic mass is 9.75. The van der Waals surface area contributed by atoms with Gasteiger partial charge in [0, 0.05) is 5.57 Å². The van der Waals surface area contributed by atoms with E-state index in [9.17, 15) is 13.6 Å². The summed E-state index contributed by atoms with van der Waals surface area (Å²) in [6.07, 6.45) is 0. The molecule has 0 radical (unpaired) electrons. The zero-order chi connectivity index (χ0) is 20.8. The minimum atomic E-state index is -0.390. The predicted octanol–water partition coefficient (Wildman–Crippen LogP) is 6.26. The molecule has 2 aromatic rings. The number of esters is 1. The number of carbonyl (C=O) groups excluding carboxylic acids is 1. The zero-order valence-electron chi connectivity index (χ0n) is 17.1. The fourth-order valence-electron chi connectivity index (χ4n) is 3.76. The van der Waals surface area contributed by atoms with Gasteiger partial charge in [0.25, 0.3) is 0 Å². The summed E-state index contributed by atoms with van der Waals surface area (Å²) in [6.45, 7) is 10.3. The fraction of sp³-hybridized carbons (Fsp3) is 0.375. The van der Waals surface area contributed by atoms with Crippen molar-refractivity contribution in [3.8, 4) is 0 Å². The number of benzene rings is 2. The molecule has 0 heterocycles. The first kappa shape index (κ1) is 21.8. The maximum atomic E-state index is 13.5. The molecular formula is C24H28F2O2. The van der Waals surface area contributed by atoms with Crippen molar-refractivity contribution in [1.29, 1.82) is 0 Å². The molecular weight excluding hydrogens is 358 g/mol. The highest BCUT2D eigenvalue weighted by atomic mass is 19.1. The van der Waals surface area contributed by atoms with E-state index in [-0.39, 0.29) is 36.0 Å². The molecule has 0 atom stereocenters. The van der Waals surface area contributed by atoms with Crippen molar-refractivity contribution < 1.29 is 18.3 Å². The van der Waals surface area contributed by atoms with Crippen molar-refractivity contribution >= 4 is 11.5 Å². The van der Waals surface area contributed by atoms with Crippen molar-refractivity contribution in [3.63, 3.8) is 0 Å². The maximum absolute atomic E-state index is 13.5. The topological polar surface area (TPSA) is 26.3 Å². The smallest absolute Gasteiger partial charge is 0.334 e. The molecule has 0 fully saturated rings. The highest BCUT2D eigenvalue weighted by Gasteiger charge is 2.32. The summed E-state index contributed by atoms with van der Waals surface area (Å²) in [5.74, 6) is -0.832. The number of hydrogen-bond donors (Lipinski definition) is 0. The number of rotatable bonds is 7. The maximum Gasteiger partial charge on any atom is 0.334 e. The second kappa shape index (κ2) is 9.63. The quantitative estimate of drug-likeness (QED) is 0.415. The Morgan fingerprint density at radius 3 is 1.54 bits per heavy atom. The van der Waals surface area contributed by atoms with Crippen molar-refractivity contribution in [2.45, 2.75) is 34.6 Å². The predicted molar refractivity (Wildman–Crippen MR) is 109 cm³/mol. The number of hydrogen-bond acceptors (Lipinski definition) is 2. The zero-order valence-corrected chi connectivity index (χ0v) is 17.1. The number of halogens is 2. The van der Waals surface area contributed by atoms with E-state index in [2.05, 4.69) is 27.7 Å². The van der Waals surface area contributed by atoms with Gasteiger partial charge in [0.05, 0.1) is 6.61 Å². The lowest BCUT2D eigenvalue weighted by Gasteiger charge is -2.29. The van der Waals surface area contributed by atoms with Crippen LogP contribution in [0.15, 0.2) is 54.1 Å². The van der Waals surface area contributed by atoms with E-state index in [1.807, 2.05) is 0 Å². The molecule has 0 unspecified atom stereocenters. The van der Waals surface area contributed by atoms with Gasteiger partial charge < -0.3 is 4.74 Å². The fourth-order valence-corrected chi connectivity index (χ4v) is 3.76. The molecule has 0 aliphatic rings. The van der Waals surface area contributed by atoms with Crippen LogP contribution in [0.2, 0.25) is 0 Å². The molecule has 2 rings (SSSR count). The monoisotopic (exact) mass is 386 g/mol. The van der Waals surface area contributed by atoms with Crippen molar-refractivity contribution in [2.24, 2.45) is 17.8 Å². The lowest BCUT2D eigenvalue weighted by Crippen LogP contribution is -2.26. The van der Waals surface area contributed by atoms with E-state index >= 15 is 0 Å². The summed E-state index contributed by atoms with van der Waals surface area (Å²) >= 11 is 0. The molecule has 0 saturated heterocycles. The van der Waals surface area contributed by atoms with Crippen molar-refractivity contribution in [1.82, 2.24) is 0 Å².